The van der Waals surface area contributed by atoms with E-state index in [9.17, 15) is 4.79 Å². The zero-order valence-corrected chi connectivity index (χ0v) is 14.6. The molecule has 0 bridgehead atoms. The molecule has 0 aromatic heterocycles. The van der Waals surface area contributed by atoms with Gasteiger partial charge in [-0.2, -0.15) is 0 Å². The Kier molecular flexibility index (Phi) is 11.8. The molecule has 1 fully saturated rings. The van der Waals surface area contributed by atoms with Gasteiger partial charge in [0.1, 0.15) is 6.54 Å². The van der Waals surface area contributed by atoms with Gasteiger partial charge < -0.3 is 20.7 Å². The number of hydrogen-bond acceptors (Lipinski definition) is 3. The second-order valence-electron chi connectivity index (χ2n) is 4.62. The summed E-state index contributed by atoms with van der Waals surface area (Å²) in [5.74, 6) is 0.403. The Labute approximate surface area is 138 Å². The van der Waals surface area contributed by atoms with E-state index in [2.05, 4.69) is 10.3 Å². The number of nitrogens with two attached hydrogens (primary N) is 1. The second-order valence-corrected chi connectivity index (χ2v) is 4.62. The number of amides is 1. The highest BCUT2D eigenvalue weighted by Gasteiger charge is 2.15. The van der Waals surface area contributed by atoms with E-state index in [4.69, 9.17) is 10.5 Å². The van der Waals surface area contributed by atoms with Crippen molar-refractivity contribution in [3.8, 4) is 0 Å². The van der Waals surface area contributed by atoms with Crippen molar-refractivity contribution in [2.24, 2.45) is 10.7 Å². The summed E-state index contributed by atoms with van der Waals surface area (Å²) in [6.45, 7) is 5.98. The number of hydrogen-bond donors (Lipinski definition) is 2. The lowest BCUT2D eigenvalue weighted by Gasteiger charge is -2.26. The molecule has 1 rings (SSSR count). The third kappa shape index (κ3) is 8.57. The van der Waals surface area contributed by atoms with Gasteiger partial charge in [-0.3, -0.25) is 4.79 Å². The van der Waals surface area contributed by atoms with Crippen LogP contribution in [0, 0.1) is 0 Å². The van der Waals surface area contributed by atoms with E-state index in [1.807, 2.05) is 11.8 Å². The molecule has 0 radical (unpaired) electrons. The summed E-state index contributed by atoms with van der Waals surface area (Å²) in [6, 6.07) is 0. The standard InChI is InChI=1S/C13H26N4O2.HI/c1-2-19-10-6-7-15-13(14)16-11-12(18)17-8-4-3-5-9-17;/h2-11H2,1H3,(H3,14,15,16);1H. The van der Waals surface area contributed by atoms with Gasteiger partial charge in [-0.25, -0.2) is 4.99 Å². The van der Waals surface area contributed by atoms with E-state index in [1.165, 1.54) is 6.42 Å². The predicted molar refractivity (Wildman–Crippen MR) is 91.4 cm³/mol. The van der Waals surface area contributed by atoms with Crippen LogP contribution in [-0.2, 0) is 9.53 Å². The lowest BCUT2D eigenvalue weighted by molar-refractivity contribution is -0.130. The summed E-state index contributed by atoms with van der Waals surface area (Å²) < 4.78 is 5.21. The van der Waals surface area contributed by atoms with Gasteiger partial charge in [-0.05, 0) is 32.6 Å². The van der Waals surface area contributed by atoms with Gasteiger partial charge in [0, 0.05) is 32.8 Å². The maximum Gasteiger partial charge on any atom is 0.244 e. The van der Waals surface area contributed by atoms with Crippen LogP contribution in [0.5, 0.6) is 0 Å². The number of piperidine rings is 1. The third-order valence-electron chi connectivity index (χ3n) is 3.07. The Morgan fingerprint density at radius 3 is 2.70 bits per heavy atom. The third-order valence-corrected chi connectivity index (χ3v) is 3.07. The van der Waals surface area contributed by atoms with E-state index in [1.54, 1.807) is 0 Å². The molecule has 1 aliphatic heterocycles. The molecule has 0 aromatic rings. The van der Waals surface area contributed by atoms with E-state index in [0.717, 1.165) is 39.0 Å². The Bertz CT molecular complexity index is 294. The smallest absolute Gasteiger partial charge is 0.244 e. The minimum Gasteiger partial charge on any atom is -0.382 e. The van der Waals surface area contributed by atoms with Gasteiger partial charge in [0.05, 0.1) is 0 Å². The molecule has 118 valence electrons. The monoisotopic (exact) mass is 398 g/mol. The molecule has 20 heavy (non-hydrogen) atoms. The number of carbonyl (C=O) groups is 1. The number of carbonyl (C=O) groups excluding carboxylic acids is 1. The summed E-state index contributed by atoms with van der Waals surface area (Å²) in [6.07, 6.45) is 4.29. The zero-order valence-electron chi connectivity index (χ0n) is 12.3. The molecule has 1 saturated heterocycles. The van der Waals surface area contributed by atoms with E-state index < -0.39 is 0 Å². The summed E-state index contributed by atoms with van der Waals surface area (Å²) in [7, 11) is 0. The van der Waals surface area contributed by atoms with Crippen LogP contribution < -0.4 is 11.1 Å². The molecule has 0 aliphatic carbocycles. The Hall–Kier alpha value is -0.570. The number of nitrogens with zero attached hydrogens (tertiary/aromatic N) is 2. The molecule has 1 amide bonds. The fraction of sp³-hybridized carbons (Fsp3) is 0.846. The molecule has 3 N–H and O–H groups in total. The molecule has 0 spiro atoms. The minimum absolute atomic E-state index is 0. The van der Waals surface area contributed by atoms with Crippen LogP contribution in [-0.4, -0.2) is 56.2 Å². The number of halogens is 1. The Morgan fingerprint density at radius 1 is 1.35 bits per heavy atom. The van der Waals surface area contributed by atoms with Crippen molar-refractivity contribution < 1.29 is 9.53 Å². The van der Waals surface area contributed by atoms with Crippen LogP contribution in [0.15, 0.2) is 4.99 Å². The van der Waals surface area contributed by atoms with Crippen molar-refractivity contribution in [1.29, 1.82) is 0 Å². The fourth-order valence-electron chi connectivity index (χ4n) is 1.99. The van der Waals surface area contributed by atoms with E-state index in [0.29, 0.717) is 19.1 Å². The van der Waals surface area contributed by atoms with Gasteiger partial charge in [-0.1, -0.05) is 0 Å². The fourth-order valence-corrected chi connectivity index (χ4v) is 1.99. The molecule has 0 atom stereocenters. The highest BCUT2D eigenvalue weighted by Crippen LogP contribution is 2.08. The van der Waals surface area contributed by atoms with Crippen LogP contribution in [0.2, 0.25) is 0 Å². The average molecular weight is 398 g/mol. The van der Waals surface area contributed by atoms with E-state index >= 15 is 0 Å². The first-order valence-electron chi connectivity index (χ1n) is 7.13. The topological polar surface area (TPSA) is 80.0 Å². The van der Waals surface area contributed by atoms with Gasteiger partial charge in [-0.15, -0.1) is 24.0 Å². The Morgan fingerprint density at radius 2 is 2.05 bits per heavy atom. The molecule has 0 unspecified atom stereocenters. The molecule has 0 aromatic carbocycles. The summed E-state index contributed by atoms with van der Waals surface area (Å²) in [5.41, 5.74) is 5.69. The van der Waals surface area contributed by atoms with Crippen molar-refractivity contribution in [2.75, 3.05) is 39.4 Å². The summed E-state index contributed by atoms with van der Waals surface area (Å²) in [5, 5.41) is 2.98. The van der Waals surface area contributed by atoms with Gasteiger partial charge in [0.15, 0.2) is 5.96 Å². The van der Waals surface area contributed by atoms with Gasteiger partial charge >= 0.3 is 0 Å². The van der Waals surface area contributed by atoms with Crippen LogP contribution >= 0.6 is 24.0 Å². The highest BCUT2D eigenvalue weighted by atomic mass is 127. The van der Waals surface area contributed by atoms with Crippen molar-refractivity contribution >= 4 is 35.8 Å². The first kappa shape index (κ1) is 19.4. The van der Waals surface area contributed by atoms with Crippen LogP contribution in [0.1, 0.15) is 32.6 Å². The van der Waals surface area contributed by atoms with Crippen molar-refractivity contribution in [1.82, 2.24) is 10.2 Å². The molecular formula is C13H27IN4O2. The lowest BCUT2D eigenvalue weighted by Crippen LogP contribution is -2.39. The highest BCUT2D eigenvalue weighted by molar-refractivity contribution is 14.0. The molecule has 1 aliphatic rings. The molecule has 0 saturated carbocycles. The van der Waals surface area contributed by atoms with Gasteiger partial charge in [0.25, 0.3) is 0 Å². The maximum absolute atomic E-state index is 11.8. The number of rotatable bonds is 7. The summed E-state index contributed by atoms with van der Waals surface area (Å²) in [4.78, 5) is 17.8. The first-order chi connectivity index (χ1) is 9.24. The van der Waals surface area contributed by atoms with Crippen LogP contribution in [0.25, 0.3) is 0 Å². The number of nitrogens with one attached hydrogen (secondary N) is 1. The van der Waals surface area contributed by atoms with Crippen molar-refractivity contribution in [2.45, 2.75) is 32.6 Å². The van der Waals surface area contributed by atoms with Gasteiger partial charge in [0.2, 0.25) is 5.91 Å². The van der Waals surface area contributed by atoms with E-state index in [-0.39, 0.29) is 36.4 Å². The predicted octanol–water partition coefficient (Wildman–Crippen LogP) is 0.948. The molecular weight excluding hydrogens is 371 g/mol. The van der Waals surface area contributed by atoms with Crippen LogP contribution in [0.4, 0.5) is 0 Å². The number of aliphatic imine (C=N–C) groups is 1. The lowest BCUT2D eigenvalue weighted by atomic mass is 10.1. The molecule has 7 heteroatoms. The molecule has 6 nitrogen and oxygen atoms in total. The first-order valence-corrected chi connectivity index (χ1v) is 7.13. The number of ether oxygens (including phenoxy) is 1. The minimum atomic E-state index is 0. The second kappa shape index (κ2) is 12.2. The molecule has 1 heterocycles. The maximum atomic E-state index is 11.8. The zero-order chi connectivity index (χ0) is 13.9. The average Bonchev–Trinajstić information content (AvgIpc) is 2.45. The normalized spacial score (nSPS) is 15.7. The van der Waals surface area contributed by atoms with Crippen molar-refractivity contribution in [3.63, 3.8) is 0 Å². The quantitative estimate of drug-likeness (QED) is 0.290. The van der Waals surface area contributed by atoms with Crippen molar-refractivity contribution in [3.05, 3.63) is 0 Å². The van der Waals surface area contributed by atoms with Crippen LogP contribution in [0.3, 0.4) is 0 Å². The Balaban J connectivity index is 0.00000361. The largest absolute Gasteiger partial charge is 0.382 e. The SMILES string of the molecule is CCOCCCNC(N)=NCC(=O)N1CCCCC1.I. The number of guanidine groups is 1. The number of likely N-dealkylation sites (tertiary alicyclic amines) is 1. The summed E-state index contributed by atoms with van der Waals surface area (Å²) >= 11 is 0.